The molecule has 2 aromatic rings. The van der Waals surface area contributed by atoms with Crippen molar-refractivity contribution in [1.82, 2.24) is 14.7 Å². The lowest BCUT2D eigenvalue weighted by molar-refractivity contribution is 0.186. The van der Waals surface area contributed by atoms with E-state index in [0.29, 0.717) is 6.04 Å². The van der Waals surface area contributed by atoms with Gasteiger partial charge in [-0.15, -0.1) is 0 Å². The molecule has 2 heterocycles. The van der Waals surface area contributed by atoms with Crippen molar-refractivity contribution >= 4 is 11.6 Å². The van der Waals surface area contributed by atoms with Crippen molar-refractivity contribution in [3.63, 3.8) is 0 Å². The zero-order valence-electron chi connectivity index (χ0n) is 11.7. The number of hydrogen-bond acceptors (Lipinski definition) is 2. The van der Waals surface area contributed by atoms with Gasteiger partial charge in [0, 0.05) is 36.8 Å². The second-order valence-electron chi connectivity index (χ2n) is 5.37. The maximum atomic E-state index is 11.8. The van der Waals surface area contributed by atoms with Crippen LogP contribution in [-0.4, -0.2) is 21.2 Å². The number of aryl methyl sites for hydroxylation is 1. The number of aromatic nitrogens is 2. The second kappa shape index (κ2) is 5.11. The average Bonchev–Trinajstić information content (AvgIpc) is 2.74. The van der Waals surface area contributed by atoms with Gasteiger partial charge in [-0.2, -0.15) is 0 Å². The summed E-state index contributed by atoms with van der Waals surface area (Å²) in [5.41, 5.74) is 3.34. The number of nitrogens with zero attached hydrogens (tertiary/aromatic N) is 2. The maximum absolute atomic E-state index is 11.8. The molecule has 3 rings (SSSR count). The maximum Gasteiger partial charge on any atom is 0.267 e. The van der Waals surface area contributed by atoms with Crippen LogP contribution in [0.2, 0.25) is 5.02 Å². The van der Waals surface area contributed by atoms with Gasteiger partial charge in [0.2, 0.25) is 0 Å². The standard InChI is InChI=1S/C15H18ClN3O/c1-10(11-3-5-12(16)6-4-11)19-8-7-13-14(9-19)18(2)17-15(13)20/h3-6,10H,7-9H2,1-2H3,(H,17,20)/t10-/m0/s1. The molecule has 1 atom stereocenters. The smallest absolute Gasteiger partial charge is 0.267 e. The van der Waals surface area contributed by atoms with Crippen molar-refractivity contribution < 1.29 is 0 Å². The quantitative estimate of drug-likeness (QED) is 0.923. The Morgan fingerprint density at radius 1 is 1.30 bits per heavy atom. The van der Waals surface area contributed by atoms with E-state index >= 15 is 0 Å². The predicted octanol–water partition coefficient (Wildman–Crippen LogP) is 2.49. The number of aromatic amines is 1. The van der Waals surface area contributed by atoms with Crippen molar-refractivity contribution in [2.75, 3.05) is 6.54 Å². The summed E-state index contributed by atoms with van der Waals surface area (Å²) >= 11 is 5.94. The summed E-state index contributed by atoms with van der Waals surface area (Å²) in [5.74, 6) is 0. The first kappa shape index (κ1) is 13.5. The molecule has 0 unspecified atom stereocenters. The van der Waals surface area contributed by atoms with Gasteiger partial charge >= 0.3 is 0 Å². The monoisotopic (exact) mass is 291 g/mol. The second-order valence-corrected chi connectivity index (χ2v) is 5.81. The molecule has 0 radical (unpaired) electrons. The van der Waals surface area contributed by atoms with Crippen molar-refractivity contribution in [2.45, 2.75) is 25.9 Å². The van der Waals surface area contributed by atoms with Crippen LogP contribution in [0.25, 0.3) is 0 Å². The van der Waals surface area contributed by atoms with E-state index in [-0.39, 0.29) is 5.56 Å². The average molecular weight is 292 g/mol. The van der Waals surface area contributed by atoms with E-state index in [2.05, 4.69) is 29.1 Å². The van der Waals surface area contributed by atoms with Gasteiger partial charge < -0.3 is 0 Å². The molecule has 1 aliphatic heterocycles. The summed E-state index contributed by atoms with van der Waals surface area (Å²) in [5, 5.41) is 3.60. The first-order chi connectivity index (χ1) is 9.56. The Morgan fingerprint density at radius 3 is 2.70 bits per heavy atom. The van der Waals surface area contributed by atoms with Gasteiger partial charge in [-0.05, 0) is 31.0 Å². The van der Waals surface area contributed by atoms with E-state index in [4.69, 9.17) is 11.6 Å². The number of benzene rings is 1. The molecule has 0 saturated heterocycles. The summed E-state index contributed by atoms with van der Waals surface area (Å²) in [6.45, 7) is 3.90. The predicted molar refractivity (Wildman–Crippen MR) is 80.0 cm³/mol. The molecule has 1 N–H and O–H groups in total. The zero-order chi connectivity index (χ0) is 14.3. The first-order valence-electron chi connectivity index (χ1n) is 6.82. The molecule has 1 aromatic carbocycles. The molecule has 0 saturated carbocycles. The van der Waals surface area contributed by atoms with Crippen LogP contribution < -0.4 is 5.56 Å². The van der Waals surface area contributed by atoms with Gasteiger partial charge in [0.05, 0.1) is 5.69 Å². The highest BCUT2D eigenvalue weighted by molar-refractivity contribution is 6.30. The number of fused-ring (bicyclic) bond motifs is 1. The molecule has 1 aliphatic rings. The minimum atomic E-state index is 0.0568. The highest BCUT2D eigenvalue weighted by atomic mass is 35.5. The van der Waals surface area contributed by atoms with Crippen LogP contribution in [0, 0.1) is 0 Å². The largest absolute Gasteiger partial charge is 0.291 e. The minimum absolute atomic E-state index is 0.0568. The molecule has 0 bridgehead atoms. The van der Waals surface area contributed by atoms with E-state index in [1.165, 1.54) is 5.56 Å². The molecule has 20 heavy (non-hydrogen) atoms. The molecule has 0 fully saturated rings. The number of H-pyrrole nitrogens is 1. The van der Waals surface area contributed by atoms with Crippen molar-refractivity contribution in [3.05, 3.63) is 56.5 Å². The summed E-state index contributed by atoms with van der Waals surface area (Å²) in [7, 11) is 1.90. The Bertz CT molecular complexity index is 671. The summed E-state index contributed by atoms with van der Waals surface area (Å²) in [6, 6.07) is 8.30. The molecule has 0 amide bonds. The highest BCUT2D eigenvalue weighted by Gasteiger charge is 2.25. The lowest BCUT2D eigenvalue weighted by Gasteiger charge is -2.32. The first-order valence-corrected chi connectivity index (χ1v) is 7.20. The fraction of sp³-hybridized carbons (Fsp3) is 0.400. The molecule has 4 nitrogen and oxygen atoms in total. The van der Waals surface area contributed by atoms with Gasteiger partial charge in [-0.3, -0.25) is 19.5 Å². The number of hydrogen-bond donors (Lipinski definition) is 1. The van der Waals surface area contributed by atoms with Gasteiger partial charge in [-0.25, -0.2) is 0 Å². The number of rotatable bonds is 2. The summed E-state index contributed by atoms with van der Waals surface area (Å²) in [6.07, 6.45) is 0.809. The Labute approximate surface area is 123 Å². The Hall–Kier alpha value is -1.52. The molecule has 106 valence electrons. The van der Waals surface area contributed by atoms with Crippen LogP contribution in [0.3, 0.4) is 0 Å². The van der Waals surface area contributed by atoms with E-state index in [9.17, 15) is 4.79 Å². The fourth-order valence-corrected chi connectivity index (χ4v) is 3.02. The highest BCUT2D eigenvalue weighted by Crippen LogP contribution is 2.26. The van der Waals surface area contributed by atoms with Crippen LogP contribution in [0.5, 0.6) is 0 Å². The normalized spacial score (nSPS) is 16.9. The van der Waals surface area contributed by atoms with Crippen LogP contribution in [0.15, 0.2) is 29.1 Å². The third kappa shape index (κ3) is 2.30. The molecule has 1 aromatic heterocycles. The summed E-state index contributed by atoms with van der Waals surface area (Å²) < 4.78 is 1.85. The third-order valence-corrected chi connectivity index (χ3v) is 4.45. The SMILES string of the molecule is C[C@@H](c1ccc(Cl)cc1)N1CCc2c(n(C)[nH]c2=O)C1. The Morgan fingerprint density at radius 2 is 2.00 bits per heavy atom. The van der Waals surface area contributed by atoms with Gasteiger partial charge in [-0.1, -0.05) is 23.7 Å². The molecule has 0 aliphatic carbocycles. The molecular formula is C15H18ClN3O. The zero-order valence-corrected chi connectivity index (χ0v) is 12.4. The van der Waals surface area contributed by atoms with E-state index in [0.717, 1.165) is 35.8 Å². The fourth-order valence-electron chi connectivity index (χ4n) is 2.89. The third-order valence-electron chi connectivity index (χ3n) is 4.20. The van der Waals surface area contributed by atoms with Gasteiger partial charge in [0.1, 0.15) is 0 Å². The number of halogens is 1. The minimum Gasteiger partial charge on any atom is -0.291 e. The lowest BCUT2D eigenvalue weighted by atomic mass is 10.0. The van der Waals surface area contributed by atoms with Crippen LogP contribution in [0.4, 0.5) is 0 Å². The molecule has 0 spiro atoms. The van der Waals surface area contributed by atoms with Crippen molar-refractivity contribution in [3.8, 4) is 0 Å². The van der Waals surface area contributed by atoms with E-state index in [1.54, 1.807) is 0 Å². The molecular weight excluding hydrogens is 274 g/mol. The van der Waals surface area contributed by atoms with Gasteiger partial charge in [0.15, 0.2) is 0 Å². The Balaban J connectivity index is 1.84. The van der Waals surface area contributed by atoms with Crippen molar-refractivity contribution in [1.29, 1.82) is 0 Å². The van der Waals surface area contributed by atoms with Crippen LogP contribution in [-0.2, 0) is 20.0 Å². The molecule has 5 heteroatoms. The van der Waals surface area contributed by atoms with E-state index in [1.807, 2.05) is 23.9 Å². The van der Waals surface area contributed by atoms with E-state index < -0.39 is 0 Å². The van der Waals surface area contributed by atoms with Crippen LogP contribution in [0.1, 0.15) is 29.8 Å². The topological polar surface area (TPSA) is 41.0 Å². The number of nitrogens with one attached hydrogen (secondary N) is 1. The lowest BCUT2D eigenvalue weighted by Crippen LogP contribution is -2.34. The van der Waals surface area contributed by atoms with Crippen LogP contribution >= 0.6 is 11.6 Å². The van der Waals surface area contributed by atoms with Gasteiger partial charge in [0.25, 0.3) is 5.56 Å². The van der Waals surface area contributed by atoms with Crippen molar-refractivity contribution in [2.24, 2.45) is 7.05 Å². The Kier molecular flexibility index (Phi) is 3.44. The summed E-state index contributed by atoms with van der Waals surface area (Å²) in [4.78, 5) is 14.1.